The first-order valence-electron chi connectivity index (χ1n) is 10.9. The molecule has 0 aliphatic heterocycles. The molecule has 0 radical (unpaired) electrons. The Bertz CT molecular complexity index is 1150. The average molecular weight is 505 g/mol. The van der Waals surface area contributed by atoms with Crippen LogP contribution in [0.3, 0.4) is 0 Å². The lowest BCUT2D eigenvalue weighted by molar-refractivity contribution is -0.140. The number of nitrogens with one attached hydrogen (secondary N) is 4. The molecule has 3 atom stereocenters. The van der Waals surface area contributed by atoms with E-state index in [1.54, 1.807) is 24.4 Å². The maximum Gasteiger partial charge on any atom is 0.322 e. The van der Waals surface area contributed by atoms with Crippen molar-refractivity contribution in [1.82, 2.24) is 20.9 Å². The minimum Gasteiger partial charge on any atom is -0.481 e. The number of para-hydroxylation sites is 1. The first-order chi connectivity index (χ1) is 17.0. The van der Waals surface area contributed by atoms with Crippen molar-refractivity contribution in [2.75, 3.05) is 6.54 Å². The summed E-state index contributed by atoms with van der Waals surface area (Å²) in [5.41, 5.74) is 12.2. The van der Waals surface area contributed by atoms with E-state index < -0.39 is 66.7 Å². The number of nitrogens with two attached hydrogens (primary N) is 2. The van der Waals surface area contributed by atoms with E-state index in [2.05, 4.69) is 20.9 Å². The van der Waals surface area contributed by atoms with Crippen LogP contribution in [0.25, 0.3) is 10.9 Å². The minimum absolute atomic E-state index is 0.0549. The van der Waals surface area contributed by atoms with Crippen molar-refractivity contribution in [2.24, 2.45) is 11.5 Å². The SMILES string of the molecule is NC(=O)CCC(NC(=O)C(Cc1c[nH]c2ccccc12)NC(=O)C(N)CC(=O)O)C(=O)NCC(=O)O. The number of H-pyrrole nitrogens is 1. The number of aromatic nitrogens is 1. The Morgan fingerprint density at radius 3 is 2.22 bits per heavy atom. The number of carbonyl (C=O) groups excluding carboxylic acids is 4. The van der Waals surface area contributed by atoms with Crippen molar-refractivity contribution in [2.45, 2.75) is 43.8 Å². The molecule has 3 unspecified atom stereocenters. The molecule has 14 nitrogen and oxygen atoms in total. The highest BCUT2D eigenvalue weighted by Gasteiger charge is 2.30. The Labute approximate surface area is 204 Å². The molecular weight excluding hydrogens is 476 g/mol. The standard InChI is InChI=1S/C22H28N6O8/c23-13(8-18(30)31)20(34)28-16(7-11-9-25-14-4-2-1-3-12(11)14)22(36)27-15(5-6-17(24)29)21(35)26-10-19(32)33/h1-4,9,13,15-16,25H,5-8,10,23H2,(H2,24,29)(H,26,35)(H,27,36)(H,28,34)(H,30,31)(H,32,33). The van der Waals surface area contributed by atoms with Gasteiger partial charge >= 0.3 is 11.9 Å². The molecule has 14 heteroatoms. The topological polar surface area (TPSA) is 247 Å². The predicted molar refractivity (Wildman–Crippen MR) is 125 cm³/mol. The molecule has 1 aromatic carbocycles. The van der Waals surface area contributed by atoms with Gasteiger partial charge in [-0.1, -0.05) is 18.2 Å². The van der Waals surface area contributed by atoms with E-state index in [9.17, 15) is 28.8 Å². The normalized spacial score (nSPS) is 13.2. The van der Waals surface area contributed by atoms with Crippen molar-refractivity contribution in [3.05, 3.63) is 36.0 Å². The molecule has 36 heavy (non-hydrogen) atoms. The Morgan fingerprint density at radius 1 is 0.917 bits per heavy atom. The van der Waals surface area contributed by atoms with Gasteiger partial charge in [-0.25, -0.2) is 0 Å². The van der Waals surface area contributed by atoms with Gasteiger partial charge in [-0.15, -0.1) is 0 Å². The van der Waals surface area contributed by atoms with E-state index in [1.165, 1.54) is 0 Å². The third kappa shape index (κ3) is 8.39. The van der Waals surface area contributed by atoms with Crippen molar-refractivity contribution >= 4 is 46.5 Å². The van der Waals surface area contributed by atoms with Crippen LogP contribution in [0.1, 0.15) is 24.8 Å². The first-order valence-corrected chi connectivity index (χ1v) is 10.9. The fourth-order valence-electron chi connectivity index (χ4n) is 3.40. The number of carboxylic acid groups (broad SMARTS) is 2. The smallest absolute Gasteiger partial charge is 0.322 e. The second-order valence-corrected chi connectivity index (χ2v) is 8.01. The van der Waals surface area contributed by atoms with Crippen LogP contribution in [0.15, 0.2) is 30.5 Å². The molecule has 2 aromatic rings. The molecule has 1 aromatic heterocycles. The zero-order chi connectivity index (χ0) is 26.8. The molecule has 0 bridgehead atoms. The zero-order valence-electron chi connectivity index (χ0n) is 19.2. The van der Waals surface area contributed by atoms with E-state index in [1.807, 2.05) is 6.07 Å². The highest BCUT2D eigenvalue weighted by atomic mass is 16.4. The molecule has 2 rings (SSSR count). The van der Waals surface area contributed by atoms with Gasteiger partial charge in [-0.3, -0.25) is 28.8 Å². The second-order valence-electron chi connectivity index (χ2n) is 8.01. The lowest BCUT2D eigenvalue weighted by Crippen LogP contribution is -2.57. The Morgan fingerprint density at radius 2 is 1.58 bits per heavy atom. The lowest BCUT2D eigenvalue weighted by atomic mass is 10.0. The zero-order valence-corrected chi connectivity index (χ0v) is 19.2. The Hall–Kier alpha value is -4.46. The quantitative estimate of drug-likeness (QED) is 0.141. The lowest BCUT2D eigenvalue weighted by Gasteiger charge is -2.24. The molecule has 194 valence electrons. The second kappa shape index (κ2) is 12.9. The number of fused-ring (bicyclic) bond motifs is 1. The van der Waals surface area contributed by atoms with Crippen LogP contribution in [0.2, 0.25) is 0 Å². The number of hydrogen-bond acceptors (Lipinski definition) is 7. The van der Waals surface area contributed by atoms with Crippen LogP contribution in [0.4, 0.5) is 0 Å². The molecule has 1 heterocycles. The average Bonchev–Trinajstić information content (AvgIpc) is 3.21. The maximum absolute atomic E-state index is 13.2. The van der Waals surface area contributed by atoms with Crippen molar-refractivity contribution in [1.29, 1.82) is 0 Å². The van der Waals surface area contributed by atoms with Gasteiger partial charge in [0.15, 0.2) is 0 Å². The molecule has 0 saturated heterocycles. The molecule has 0 aliphatic carbocycles. The number of carbonyl (C=O) groups is 6. The summed E-state index contributed by atoms with van der Waals surface area (Å²) in [5.74, 6) is -5.98. The molecule has 10 N–H and O–H groups in total. The van der Waals surface area contributed by atoms with Gasteiger partial charge in [0.25, 0.3) is 0 Å². The summed E-state index contributed by atoms with van der Waals surface area (Å²) in [6, 6.07) is 3.12. The van der Waals surface area contributed by atoms with Gasteiger partial charge in [0.2, 0.25) is 23.6 Å². The van der Waals surface area contributed by atoms with E-state index in [0.717, 1.165) is 10.9 Å². The summed E-state index contributed by atoms with van der Waals surface area (Å²) in [4.78, 5) is 74.1. The predicted octanol–water partition coefficient (Wildman–Crippen LogP) is -2.05. The molecular formula is C22H28N6O8. The number of rotatable bonds is 14. The van der Waals surface area contributed by atoms with Crippen LogP contribution in [-0.2, 0) is 35.2 Å². The van der Waals surface area contributed by atoms with E-state index >= 15 is 0 Å². The fraction of sp³-hybridized carbons (Fsp3) is 0.364. The highest BCUT2D eigenvalue weighted by Crippen LogP contribution is 2.19. The number of aromatic amines is 1. The minimum atomic E-state index is -1.44. The largest absolute Gasteiger partial charge is 0.481 e. The van der Waals surface area contributed by atoms with Gasteiger partial charge in [0, 0.05) is 29.9 Å². The number of carboxylic acids is 2. The number of amides is 4. The number of primary amides is 1. The van der Waals surface area contributed by atoms with E-state index in [4.69, 9.17) is 21.7 Å². The van der Waals surface area contributed by atoms with Crippen LogP contribution >= 0.6 is 0 Å². The van der Waals surface area contributed by atoms with Crippen molar-refractivity contribution < 1.29 is 39.0 Å². The van der Waals surface area contributed by atoms with Crippen LogP contribution in [-0.4, -0.2) is 75.4 Å². The highest BCUT2D eigenvalue weighted by molar-refractivity contribution is 5.95. The number of hydrogen-bond donors (Lipinski definition) is 8. The third-order valence-corrected chi connectivity index (χ3v) is 5.19. The summed E-state index contributed by atoms with van der Waals surface area (Å²) in [5, 5.41) is 25.4. The molecule has 0 spiro atoms. The summed E-state index contributed by atoms with van der Waals surface area (Å²) in [7, 11) is 0. The maximum atomic E-state index is 13.2. The Kier molecular flexibility index (Phi) is 9.92. The van der Waals surface area contributed by atoms with Gasteiger partial charge in [0.05, 0.1) is 12.5 Å². The van der Waals surface area contributed by atoms with E-state index in [-0.39, 0.29) is 19.3 Å². The van der Waals surface area contributed by atoms with Crippen LogP contribution in [0, 0.1) is 0 Å². The molecule has 0 aliphatic rings. The van der Waals surface area contributed by atoms with Crippen LogP contribution < -0.4 is 27.4 Å². The fourth-order valence-corrected chi connectivity index (χ4v) is 3.40. The number of benzene rings is 1. The first kappa shape index (κ1) is 27.8. The van der Waals surface area contributed by atoms with Gasteiger partial charge in [-0.05, 0) is 18.1 Å². The third-order valence-electron chi connectivity index (χ3n) is 5.19. The summed E-state index contributed by atoms with van der Waals surface area (Å²) in [6.07, 6.45) is 0.401. The van der Waals surface area contributed by atoms with Crippen molar-refractivity contribution in [3.8, 4) is 0 Å². The molecule has 0 saturated carbocycles. The summed E-state index contributed by atoms with van der Waals surface area (Å²) in [6.45, 7) is -0.721. The van der Waals surface area contributed by atoms with Gasteiger partial charge in [-0.2, -0.15) is 0 Å². The van der Waals surface area contributed by atoms with Crippen LogP contribution in [0.5, 0.6) is 0 Å². The van der Waals surface area contributed by atoms with E-state index in [0.29, 0.717) is 5.56 Å². The Balaban J connectivity index is 2.27. The summed E-state index contributed by atoms with van der Waals surface area (Å²) < 4.78 is 0. The van der Waals surface area contributed by atoms with Gasteiger partial charge in [0.1, 0.15) is 18.6 Å². The summed E-state index contributed by atoms with van der Waals surface area (Å²) >= 11 is 0. The monoisotopic (exact) mass is 504 g/mol. The van der Waals surface area contributed by atoms with Crippen molar-refractivity contribution in [3.63, 3.8) is 0 Å². The molecule has 0 fully saturated rings. The van der Waals surface area contributed by atoms with Gasteiger partial charge < -0.3 is 42.6 Å². The molecule has 4 amide bonds. The number of aliphatic carboxylic acids is 2.